The average molecular weight is 184 g/mol. The molecule has 78 valence electrons. The molecule has 0 radical (unpaired) electrons. The molecule has 0 heterocycles. The van der Waals surface area contributed by atoms with Gasteiger partial charge in [-0.05, 0) is 25.2 Å². The molecule has 1 rings (SSSR count). The molecule has 1 aliphatic rings. The van der Waals surface area contributed by atoms with Crippen molar-refractivity contribution in [2.24, 2.45) is 5.92 Å². The zero-order valence-corrected chi connectivity index (χ0v) is 9.18. The van der Waals surface area contributed by atoms with Crippen LogP contribution in [0, 0.1) is 5.92 Å². The van der Waals surface area contributed by atoms with E-state index in [1.54, 1.807) is 0 Å². The summed E-state index contributed by atoms with van der Waals surface area (Å²) in [6.45, 7) is 4.53. The topological polar surface area (TPSA) is 20.2 Å². The molecule has 1 aliphatic carbocycles. The van der Waals surface area contributed by atoms with E-state index < -0.39 is 0 Å². The van der Waals surface area contributed by atoms with Crippen LogP contribution < -0.4 is 0 Å². The molecule has 0 aromatic carbocycles. The lowest BCUT2D eigenvalue weighted by Crippen LogP contribution is -2.12. The van der Waals surface area contributed by atoms with Gasteiger partial charge in [0.25, 0.3) is 0 Å². The monoisotopic (exact) mass is 184 g/mol. The summed E-state index contributed by atoms with van der Waals surface area (Å²) in [5.74, 6) is 0.726. The minimum Gasteiger partial charge on any atom is -0.390 e. The van der Waals surface area contributed by atoms with Crippen molar-refractivity contribution in [1.29, 1.82) is 0 Å². The highest BCUT2D eigenvalue weighted by molar-refractivity contribution is 4.94. The summed E-state index contributed by atoms with van der Waals surface area (Å²) in [6.07, 6.45) is 9.86. The first-order valence-corrected chi connectivity index (χ1v) is 5.89. The van der Waals surface area contributed by atoms with E-state index in [1.165, 1.54) is 32.1 Å². The Bertz CT molecular complexity index is 138. The third-order valence-electron chi connectivity index (χ3n) is 3.11. The molecule has 1 nitrogen and oxygen atoms in total. The summed E-state index contributed by atoms with van der Waals surface area (Å²) < 4.78 is 0. The number of aliphatic hydroxyl groups is 1. The van der Waals surface area contributed by atoms with Gasteiger partial charge >= 0.3 is 0 Å². The lowest BCUT2D eigenvalue weighted by Gasteiger charge is -2.14. The van der Waals surface area contributed by atoms with Gasteiger partial charge in [0.1, 0.15) is 0 Å². The van der Waals surface area contributed by atoms with Crippen molar-refractivity contribution in [1.82, 2.24) is 0 Å². The van der Waals surface area contributed by atoms with Gasteiger partial charge in [0.2, 0.25) is 0 Å². The van der Waals surface area contributed by atoms with E-state index >= 15 is 0 Å². The Morgan fingerprint density at radius 3 is 2.46 bits per heavy atom. The van der Waals surface area contributed by atoms with Crippen LogP contribution in [0.5, 0.6) is 0 Å². The highest BCUT2D eigenvalue weighted by Crippen LogP contribution is 2.41. The Kier molecular flexibility index (Phi) is 4.24. The second-order valence-corrected chi connectivity index (χ2v) is 4.88. The number of hydrogen-bond acceptors (Lipinski definition) is 1. The third kappa shape index (κ3) is 4.66. The molecule has 1 saturated carbocycles. The second-order valence-electron chi connectivity index (χ2n) is 4.88. The van der Waals surface area contributed by atoms with Crippen molar-refractivity contribution in [2.75, 3.05) is 0 Å². The fraction of sp³-hybridized carbons (Fsp3) is 1.00. The van der Waals surface area contributed by atoms with Gasteiger partial charge in [0, 0.05) is 0 Å². The van der Waals surface area contributed by atoms with E-state index in [0.717, 1.165) is 25.2 Å². The van der Waals surface area contributed by atoms with E-state index in [0.29, 0.717) is 0 Å². The van der Waals surface area contributed by atoms with Gasteiger partial charge in [0.05, 0.1) is 5.60 Å². The average Bonchev–Trinajstić information content (AvgIpc) is 2.77. The molecule has 1 fully saturated rings. The molecular weight excluding hydrogens is 160 g/mol. The van der Waals surface area contributed by atoms with Gasteiger partial charge in [-0.25, -0.2) is 0 Å². The molecule has 1 heteroatoms. The summed E-state index contributed by atoms with van der Waals surface area (Å²) in [6, 6.07) is 0. The van der Waals surface area contributed by atoms with Gasteiger partial charge in [-0.3, -0.25) is 0 Å². The van der Waals surface area contributed by atoms with Crippen molar-refractivity contribution in [3.8, 4) is 0 Å². The molecule has 13 heavy (non-hydrogen) atoms. The predicted molar refractivity (Wildman–Crippen MR) is 56.7 cm³/mol. The molecule has 1 unspecified atom stereocenters. The quantitative estimate of drug-likeness (QED) is 0.600. The molecule has 1 atom stereocenters. The highest BCUT2D eigenvalue weighted by Gasteiger charge is 2.40. The third-order valence-corrected chi connectivity index (χ3v) is 3.11. The lowest BCUT2D eigenvalue weighted by atomic mass is 9.96. The van der Waals surface area contributed by atoms with Gasteiger partial charge < -0.3 is 5.11 Å². The van der Waals surface area contributed by atoms with Gasteiger partial charge in [-0.1, -0.05) is 46.0 Å². The smallest absolute Gasteiger partial charge is 0.0652 e. The van der Waals surface area contributed by atoms with E-state index in [4.69, 9.17) is 0 Å². The van der Waals surface area contributed by atoms with E-state index in [2.05, 4.69) is 13.8 Å². The summed E-state index contributed by atoms with van der Waals surface area (Å²) in [5, 5.41) is 9.70. The lowest BCUT2D eigenvalue weighted by molar-refractivity contribution is 0.119. The van der Waals surface area contributed by atoms with Gasteiger partial charge in [-0.15, -0.1) is 0 Å². The van der Waals surface area contributed by atoms with Crippen molar-refractivity contribution < 1.29 is 5.11 Å². The Labute approximate surface area is 82.5 Å². The minimum atomic E-state index is -0.232. The van der Waals surface area contributed by atoms with Gasteiger partial charge in [0.15, 0.2) is 0 Å². The molecule has 0 bridgehead atoms. The first-order chi connectivity index (χ1) is 6.16. The largest absolute Gasteiger partial charge is 0.390 e. The molecule has 0 aromatic rings. The van der Waals surface area contributed by atoms with Crippen molar-refractivity contribution >= 4 is 0 Å². The molecule has 0 saturated heterocycles. The number of unbranched alkanes of at least 4 members (excludes halogenated alkanes) is 3. The van der Waals surface area contributed by atoms with Crippen LogP contribution in [0.2, 0.25) is 0 Å². The SMILES string of the molecule is CCCCCCC(C)CC1(O)CC1. The fourth-order valence-electron chi connectivity index (χ4n) is 2.02. The Hall–Kier alpha value is -0.0400. The van der Waals surface area contributed by atoms with Crippen LogP contribution >= 0.6 is 0 Å². The van der Waals surface area contributed by atoms with Crippen LogP contribution in [-0.2, 0) is 0 Å². The van der Waals surface area contributed by atoms with Crippen LogP contribution in [0.15, 0.2) is 0 Å². The van der Waals surface area contributed by atoms with Crippen molar-refractivity contribution in [3.63, 3.8) is 0 Å². The van der Waals surface area contributed by atoms with Crippen LogP contribution in [0.3, 0.4) is 0 Å². The van der Waals surface area contributed by atoms with Crippen LogP contribution in [-0.4, -0.2) is 10.7 Å². The number of hydrogen-bond donors (Lipinski definition) is 1. The molecule has 0 amide bonds. The first-order valence-electron chi connectivity index (χ1n) is 5.89. The Morgan fingerprint density at radius 2 is 1.92 bits per heavy atom. The normalized spacial score (nSPS) is 21.5. The summed E-state index contributed by atoms with van der Waals surface area (Å²) in [4.78, 5) is 0. The van der Waals surface area contributed by atoms with Crippen LogP contribution in [0.1, 0.15) is 65.2 Å². The van der Waals surface area contributed by atoms with Crippen LogP contribution in [0.25, 0.3) is 0 Å². The first kappa shape index (κ1) is 11.0. The predicted octanol–water partition coefficient (Wildman–Crippen LogP) is 3.51. The van der Waals surface area contributed by atoms with Crippen LogP contribution in [0.4, 0.5) is 0 Å². The number of rotatable bonds is 7. The molecule has 0 aromatic heterocycles. The maximum Gasteiger partial charge on any atom is 0.0652 e. The minimum absolute atomic E-state index is 0.232. The highest BCUT2D eigenvalue weighted by atomic mass is 16.3. The molecule has 1 N–H and O–H groups in total. The maximum atomic E-state index is 9.70. The zero-order chi connectivity index (χ0) is 9.73. The zero-order valence-electron chi connectivity index (χ0n) is 9.18. The molecular formula is C12H24O. The Balaban J connectivity index is 1.94. The van der Waals surface area contributed by atoms with E-state index in [1.807, 2.05) is 0 Å². The summed E-state index contributed by atoms with van der Waals surface area (Å²) >= 11 is 0. The van der Waals surface area contributed by atoms with E-state index in [9.17, 15) is 5.11 Å². The van der Waals surface area contributed by atoms with E-state index in [-0.39, 0.29) is 5.60 Å². The summed E-state index contributed by atoms with van der Waals surface area (Å²) in [7, 11) is 0. The fourth-order valence-corrected chi connectivity index (χ4v) is 2.02. The van der Waals surface area contributed by atoms with Crippen molar-refractivity contribution in [3.05, 3.63) is 0 Å². The summed E-state index contributed by atoms with van der Waals surface area (Å²) in [5.41, 5.74) is -0.232. The second kappa shape index (κ2) is 4.99. The van der Waals surface area contributed by atoms with Gasteiger partial charge in [-0.2, -0.15) is 0 Å². The molecule has 0 aliphatic heterocycles. The standard InChI is InChI=1S/C12H24O/c1-3-4-5-6-7-11(2)10-12(13)8-9-12/h11,13H,3-10H2,1-2H3. The van der Waals surface area contributed by atoms with Crippen molar-refractivity contribution in [2.45, 2.75) is 70.8 Å². The molecule has 0 spiro atoms. The maximum absolute atomic E-state index is 9.70. The Morgan fingerprint density at radius 1 is 1.23 bits per heavy atom.